The summed E-state index contributed by atoms with van der Waals surface area (Å²) in [5, 5.41) is 3.12. The van der Waals surface area contributed by atoms with Gasteiger partial charge in [-0.25, -0.2) is 0 Å². The standard InChI is InChI=1S/C17H17NO2/c1-18-9-8-12-6-7-16-15(10-12)17(19)14-5-3-2-4-13(14)11-20-16/h2-7,10,18H,8-9,11H2,1H3. The Hall–Kier alpha value is -2.13. The first-order valence-electron chi connectivity index (χ1n) is 6.82. The van der Waals surface area contributed by atoms with Crippen LogP contribution in [0.3, 0.4) is 0 Å². The molecule has 1 heterocycles. The molecular formula is C17H17NO2. The van der Waals surface area contributed by atoms with Crippen molar-refractivity contribution in [3.05, 3.63) is 64.7 Å². The molecule has 0 fully saturated rings. The molecule has 0 radical (unpaired) electrons. The summed E-state index contributed by atoms with van der Waals surface area (Å²) in [7, 11) is 1.92. The van der Waals surface area contributed by atoms with E-state index < -0.39 is 0 Å². The van der Waals surface area contributed by atoms with E-state index in [2.05, 4.69) is 5.32 Å². The normalized spacial score (nSPS) is 13.2. The molecule has 0 saturated heterocycles. The monoisotopic (exact) mass is 267 g/mol. The molecule has 3 rings (SSSR count). The summed E-state index contributed by atoms with van der Waals surface area (Å²) in [5.41, 5.74) is 3.51. The molecule has 3 heteroatoms. The van der Waals surface area contributed by atoms with Crippen LogP contribution < -0.4 is 10.1 Å². The Morgan fingerprint density at radius 2 is 2.00 bits per heavy atom. The largest absolute Gasteiger partial charge is 0.488 e. The van der Waals surface area contributed by atoms with E-state index in [1.165, 1.54) is 0 Å². The molecule has 1 aliphatic heterocycles. The lowest BCUT2D eigenvalue weighted by molar-refractivity contribution is 0.103. The predicted molar refractivity (Wildman–Crippen MR) is 78.3 cm³/mol. The van der Waals surface area contributed by atoms with Gasteiger partial charge in [0.25, 0.3) is 0 Å². The lowest BCUT2D eigenvalue weighted by Gasteiger charge is -2.08. The molecule has 20 heavy (non-hydrogen) atoms. The molecule has 102 valence electrons. The molecular weight excluding hydrogens is 250 g/mol. The number of likely N-dealkylation sites (N-methyl/N-ethyl adjacent to an activating group) is 1. The van der Waals surface area contributed by atoms with Crippen LogP contribution >= 0.6 is 0 Å². The van der Waals surface area contributed by atoms with Crippen molar-refractivity contribution < 1.29 is 9.53 Å². The van der Waals surface area contributed by atoms with Crippen molar-refractivity contribution in [3.63, 3.8) is 0 Å². The van der Waals surface area contributed by atoms with Gasteiger partial charge in [0.15, 0.2) is 5.78 Å². The van der Waals surface area contributed by atoms with Crippen LogP contribution in [0.5, 0.6) is 5.75 Å². The average molecular weight is 267 g/mol. The highest BCUT2D eigenvalue weighted by atomic mass is 16.5. The Morgan fingerprint density at radius 3 is 2.85 bits per heavy atom. The number of rotatable bonds is 3. The van der Waals surface area contributed by atoms with Gasteiger partial charge in [0.2, 0.25) is 0 Å². The van der Waals surface area contributed by atoms with Crippen LogP contribution in [0.4, 0.5) is 0 Å². The summed E-state index contributed by atoms with van der Waals surface area (Å²) in [6.07, 6.45) is 0.901. The summed E-state index contributed by atoms with van der Waals surface area (Å²) in [6.45, 7) is 1.34. The molecule has 0 aliphatic carbocycles. The Kier molecular flexibility index (Phi) is 3.52. The van der Waals surface area contributed by atoms with E-state index in [9.17, 15) is 4.79 Å². The summed E-state index contributed by atoms with van der Waals surface area (Å²) < 4.78 is 5.77. The quantitative estimate of drug-likeness (QED) is 0.929. The highest BCUT2D eigenvalue weighted by Gasteiger charge is 2.21. The maximum absolute atomic E-state index is 12.7. The van der Waals surface area contributed by atoms with Gasteiger partial charge in [0, 0.05) is 11.1 Å². The van der Waals surface area contributed by atoms with E-state index in [1.807, 2.05) is 49.5 Å². The maximum Gasteiger partial charge on any atom is 0.197 e. The first kappa shape index (κ1) is 12.9. The third-order valence-corrected chi connectivity index (χ3v) is 3.60. The van der Waals surface area contributed by atoms with Crippen LogP contribution in [0.1, 0.15) is 27.0 Å². The van der Waals surface area contributed by atoms with Crippen molar-refractivity contribution in [1.82, 2.24) is 5.32 Å². The lowest BCUT2D eigenvalue weighted by Crippen LogP contribution is -2.11. The number of ketones is 1. The van der Waals surface area contributed by atoms with Crippen LogP contribution in [-0.4, -0.2) is 19.4 Å². The van der Waals surface area contributed by atoms with Crippen LogP contribution in [0.25, 0.3) is 0 Å². The number of benzene rings is 2. The van der Waals surface area contributed by atoms with Crippen LogP contribution in [0, 0.1) is 0 Å². The van der Waals surface area contributed by atoms with E-state index >= 15 is 0 Å². The second kappa shape index (κ2) is 5.47. The molecule has 0 saturated carbocycles. The Morgan fingerprint density at radius 1 is 1.15 bits per heavy atom. The SMILES string of the molecule is CNCCc1ccc2c(c1)C(=O)c1ccccc1CO2. The van der Waals surface area contributed by atoms with Gasteiger partial charge in [-0.15, -0.1) is 0 Å². The lowest BCUT2D eigenvalue weighted by atomic mass is 9.97. The molecule has 0 atom stereocenters. The minimum atomic E-state index is 0.0550. The zero-order chi connectivity index (χ0) is 13.9. The fourth-order valence-electron chi connectivity index (χ4n) is 2.47. The highest BCUT2D eigenvalue weighted by Crippen LogP contribution is 2.29. The van der Waals surface area contributed by atoms with Crippen molar-refractivity contribution in [2.75, 3.05) is 13.6 Å². The molecule has 0 unspecified atom stereocenters. The van der Waals surface area contributed by atoms with E-state index in [0.29, 0.717) is 17.9 Å². The van der Waals surface area contributed by atoms with Crippen LogP contribution in [0.15, 0.2) is 42.5 Å². The van der Waals surface area contributed by atoms with Gasteiger partial charge in [-0.05, 0) is 37.7 Å². The zero-order valence-electron chi connectivity index (χ0n) is 11.5. The van der Waals surface area contributed by atoms with Crippen molar-refractivity contribution >= 4 is 5.78 Å². The summed E-state index contributed by atoms with van der Waals surface area (Å²) in [5.74, 6) is 0.735. The molecule has 1 aliphatic rings. The minimum absolute atomic E-state index is 0.0550. The van der Waals surface area contributed by atoms with E-state index in [4.69, 9.17) is 4.74 Å². The van der Waals surface area contributed by atoms with E-state index in [-0.39, 0.29) is 5.78 Å². The van der Waals surface area contributed by atoms with E-state index in [0.717, 1.165) is 29.7 Å². The van der Waals surface area contributed by atoms with Crippen molar-refractivity contribution in [1.29, 1.82) is 0 Å². The van der Waals surface area contributed by atoms with Crippen LogP contribution in [-0.2, 0) is 13.0 Å². The van der Waals surface area contributed by atoms with Gasteiger partial charge in [-0.2, -0.15) is 0 Å². The molecule has 3 nitrogen and oxygen atoms in total. The van der Waals surface area contributed by atoms with Gasteiger partial charge in [0.05, 0.1) is 5.56 Å². The smallest absolute Gasteiger partial charge is 0.197 e. The first-order valence-corrected chi connectivity index (χ1v) is 6.82. The van der Waals surface area contributed by atoms with Crippen molar-refractivity contribution in [3.8, 4) is 5.75 Å². The topological polar surface area (TPSA) is 38.3 Å². The summed E-state index contributed by atoms with van der Waals surface area (Å²) in [4.78, 5) is 12.7. The number of hydrogen-bond donors (Lipinski definition) is 1. The van der Waals surface area contributed by atoms with Gasteiger partial charge in [-0.1, -0.05) is 30.3 Å². The molecule has 0 bridgehead atoms. The third kappa shape index (κ3) is 2.32. The predicted octanol–water partition coefficient (Wildman–Crippen LogP) is 2.57. The Balaban J connectivity index is 2.02. The zero-order valence-corrected chi connectivity index (χ0v) is 11.5. The third-order valence-electron chi connectivity index (χ3n) is 3.60. The van der Waals surface area contributed by atoms with E-state index in [1.54, 1.807) is 0 Å². The summed E-state index contributed by atoms with van der Waals surface area (Å²) in [6, 6.07) is 13.5. The fraction of sp³-hybridized carbons (Fsp3) is 0.235. The maximum atomic E-state index is 12.7. The molecule has 2 aromatic carbocycles. The second-order valence-corrected chi connectivity index (χ2v) is 4.96. The number of ether oxygens (including phenoxy) is 1. The molecule has 0 amide bonds. The highest BCUT2D eigenvalue weighted by molar-refractivity contribution is 6.12. The minimum Gasteiger partial charge on any atom is -0.488 e. The molecule has 0 aromatic heterocycles. The number of nitrogens with one attached hydrogen (secondary N) is 1. The van der Waals surface area contributed by atoms with Crippen LogP contribution in [0.2, 0.25) is 0 Å². The van der Waals surface area contributed by atoms with Gasteiger partial charge in [-0.3, -0.25) is 4.79 Å². The van der Waals surface area contributed by atoms with Crippen molar-refractivity contribution in [2.24, 2.45) is 0 Å². The second-order valence-electron chi connectivity index (χ2n) is 4.96. The van der Waals surface area contributed by atoms with Crippen molar-refractivity contribution in [2.45, 2.75) is 13.0 Å². The first-order chi connectivity index (χ1) is 9.79. The molecule has 0 spiro atoms. The number of carbonyl (C=O) groups excluding carboxylic acids is 1. The average Bonchev–Trinajstić information content (AvgIpc) is 2.63. The Labute approximate surface area is 118 Å². The number of hydrogen-bond acceptors (Lipinski definition) is 3. The van der Waals surface area contributed by atoms with Gasteiger partial charge < -0.3 is 10.1 Å². The summed E-state index contributed by atoms with van der Waals surface area (Å²) >= 11 is 0. The van der Waals surface area contributed by atoms with Gasteiger partial charge >= 0.3 is 0 Å². The van der Waals surface area contributed by atoms with Gasteiger partial charge in [0.1, 0.15) is 12.4 Å². The Bertz CT molecular complexity index is 649. The fourth-order valence-corrected chi connectivity index (χ4v) is 2.47. The number of carbonyl (C=O) groups is 1. The number of fused-ring (bicyclic) bond motifs is 2. The molecule has 2 aromatic rings. The molecule has 1 N–H and O–H groups in total.